The van der Waals surface area contributed by atoms with E-state index in [2.05, 4.69) is 121 Å². The zero-order chi connectivity index (χ0) is 73.1. The lowest BCUT2D eigenvalue weighted by Gasteiger charge is -2.47. The van der Waals surface area contributed by atoms with Crippen LogP contribution in [0.25, 0.3) is 32.9 Å². The number of halogens is 1. The second-order valence-electron chi connectivity index (χ2n) is 27.9. The number of unbranched alkanes of at least 4 members (excludes halogenated alkanes) is 1. The van der Waals surface area contributed by atoms with Crippen molar-refractivity contribution in [2.45, 2.75) is 269 Å². The van der Waals surface area contributed by atoms with Gasteiger partial charge >= 0.3 is 6.01 Å². The van der Waals surface area contributed by atoms with Crippen molar-refractivity contribution in [1.82, 2.24) is 25.2 Å². The molecular weight excluding hydrogens is 1250 g/mol. The van der Waals surface area contributed by atoms with Gasteiger partial charge in [0.2, 0.25) is 11.8 Å². The first-order valence-electron chi connectivity index (χ1n) is 37.7. The molecule has 4 saturated heterocycles. The number of ether oxygens (including phenoxy) is 2. The second-order valence-corrected chi connectivity index (χ2v) is 28.5. The average Bonchev–Trinajstić information content (AvgIpc) is 0.810. The highest BCUT2D eigenvalue weighted by molar-refractivity contribution is 7.28. The highest BCUT2D eigenvalue weighted by Crippen LogP contribution is 2.52. The standard InChI is InChI=1S/C26H28FN4O2P.C23H36N2O2.C14H28.C9H17NO.C4H8O.C2H4O.C2H6.CH5N/c1-4-17-20(27)8-7-15-10-16(32)11-18(21(15)17)22-24(34)23-19(12-28-22)25(30-26(29-23)33-3)31-9-5-6-14(2)13-31;1-6-8-18(10-9-16(3)7-2)19-11-12-20(17(4)15-19)25(5)21-13-14-22(26)24-23(21)27;1-5-8-14(10-13(4)11-14)9-7-12(3)6-2;1-11-7-9-5-4-8-3-2-6-10(8)9;1-2-3-4-5;1-2-3;2*1-2/h7-8,10-12,14,32H,4-6,9,13,34H2,1-3H3;11-12,15-16,18,21H,6-10,13-14H2,1-5H3,(H,24,26,27);12-13H,5-11H2,1-4H3;8-9H,2-7H2,1H3;4H,2-3H2,1H3;2H,1H3;1-2H3;2H2,1H3. The van der Waals surface area contributed by atoms with E-state index in [1.54, 1.807) is 31.5 Å². The summed E-state index contributed by atoms with van der Waals surface area (Å²) in [5, 5.41) is 16.0. The Kier molecular flexibility index (Phi) is 40.6. The van der Waals surface area contributed by atoms with E-state index in [0.29, 0.717) is 65.9 Å². The first-order chi connectivity index (χ1) is 47.1. The molecule has 4 N–H and O–H groups in total. The predicted molar refractivity (Wildman–Crippen MR) is 413 cm³/mol. The van der Waals surface area contributed by atoms with E-state index < -0.39 is 0 Å². The van der Waals surface area contributed by atoms with Crippen molar-refractivity contribution in [2.75, 3.05) is 64.4 Å². The van der Waals surface area contributed by atoms with E-state index in [-0.39, 0.29) is 29.4 Å². The largest absolute Gasteiger partial charge is 0.508 e. The van der Waals surface area contributed by atoms with Crippen LogP contribution < -0.4 is 30.9 Å². The lowest BCUT2D eigenvalue weighted by atomic mass is 9.58. The number of carbonyl (C=O) groups is 4. The van der Waals surface area contributed by atoms with Gasteiger partial charge in [0.1, 0.15) is 36.0 Å². The van der Waals surface area contributed by atoms with Gasteiger partial charge in [0.15, 0.2) is 0 Å². The van der Waals surface area contributed by atoms with Gasteiger partial charge in [-0.05, 0) is 210 Å². The maximum Gasteiger partial charge on any atom is 0.318 e. The van der Waals surface area contributed by atoms with Gasteiger partial charge in [-0.3, -0.25) is 24.8 Å². The molecule has 4 aliphatic heterocycles. The first kappa shape index (κ1) is 86.6. The SMILES string of the molecule is CC.CC=O.CCCC(CCC(C)CC)c1ccc(N(C)C2CCC(=O)NC2=O)c(C)c1.CCCC1(CCC(C)CC)CC(C)C1.CCCC=O.CCc1c(F)ccc2cc(O)cc(-c3ncc4c(N5CCCC(C)C5)nc(OC)nc4c3P)c12.CN.COCC1CCC2CCCN21. The minimum absolute atomic E-state index is 0.103. The number of aldehydes is 2. The first-order valence-corrected chi connectivity index (χ1v) is 38.2. The van der Waals surface area contributed by atoms with Crippen LogP contribution in [0, 0.1) is 41.8 Å². The van der Waals surface area contributed by atoms with Gasteiger partial charge < -0.3 is 39.7 Å². The minimum Gasteiger partial charge on any atom is -0.508 e. The number of methoxy groups -OCH3 is 2. The van der Waals surface area contributed by atoms with E-state index in [4.69, 9.17) is 19.3 Å². The van der Waals surface area contributed by atoms with Crippen LogP contribution in [0.4, 0.5) is 15.9 Å². The third-order valence-electron chi connectivity index (χ3n) is 20.4. The number of imide groups is 1. The number of fused-ring (bicyclic) bond motifs is 3. The zero-order valence-electron chi connectivity index (χ0n) is 64.1. The topological polar surface area (TPSA) is 193 Å². The van der Waals surface area contributed by atoms with Gasteiger partial charge in [-0.15, -0.1) is 9.24 Å². The number of nitrogens with zero attached hydrogens (tertiary/aromatic N) is 6. The third-order valence-corrected chi connectivity index (χ3v) is 21.0. The molecule has 10 rings (SSSR count). The number of phenolic OH excluding ortho intramolecular Hbond substituents is 1. The van der Waals surface area contributed by atoms with Gasteiger partial charge in [0.05, 0.1) is 30.3 Å². The van der Waals surface area contributed by atoms with Crippen molar-refractivity contribution in [3.05, 3.63) is 71.2 Å². The minimum atomic E-state index is -0.274. The Morgan fingerprint density at radius 2 is 1.53 bits per heavy atom. The second kappa shape index (κ2) is 46.0. The van der Waals surface area contributed by atoms with Crippen LogP contribution in [0.3, 0.4) is 0 Å². The number of piperidine rings is 2. The monoisotopic (exact) mass is 1380 g/mol. The molecule has 17 heteroatoms. The number of aromatic hydroxyl groups is 1. The van der Waals surface area contributed by atoms with Gasteiger partial charge in [0.25, 0.3) is 0 Å². The van der Waals surface area contributed by atoms with Gasteiger partial charge in [0, 0.05) is 74.9 Å². The zero-order valence-corrected chi connectivity index (χ0v) is 65.3. The maximum atomic E-state index is 14.7. The Morgan fingerprint density at radius 1 is 0.847 bits per heavy atom. The summed E-state index contributed by atoms with van der Waals surface area (Å²) in [6.45, 7) is 34.2. The molecule has 8 unspecified atom stereocenters. The van der Waals surface area contributed by atoms with E-state index in [1.807, 2.05) is 46.8 Å². The molecule has 8 atom stereocenters. The van der Waals surface area contributed by atoms with Gasteiger partial charge in [-0.25, -0.2) is 4.39 Å². The summed E-state index contributed by atoms with van der Waals surface area (Å²) in [5.74, 6) is 4.23. The lowest BCUT2D eigenvalue weighted by molar-refractivity contribution is -0.134. The summed E-state index contributed by atoms with van der Waals surface area (Å²) in [7, 11) is 9.57. The van der Waals surface area contributed by atoms with Crippen molar-refractivity contribution in [2.24, 2.45) is 34.8 Å². The summed E-state index contributed by atoms with van der Waals surface area (Å²) in [6.07, 6.45) is 31.0. The molecule has 5 fully saturated rings. The Bertz CT molecular complexity index is 3150. The van der Waals surface area contributed by atoms with E-state index in [9.17, 15) is 23.9 Å². The summed E-state index contributed by atoms with van der Waals surface area (Å²) in [5.41, 5.74) is 11.6. The molecule has 3 aromatic carbocycles. The van der Waals surface area contributed by atoms with Crippen molar-refractivity contribution in [3.63, 3.8) is 0 Å². The number of nitrogens with two attached hydrogens (primary N) is 1. The van der Waals surface area contributed by atoms with E-state index >= 15 is 0 Å². The Labute approximate surface area is 594 Å². The molecule has 1 saturated carbocycles. The molecular formula is C81H132FN8O7P. The van der Waals surface area contributed by atoms with Gasteiger partial charge in [-0.2, -0.15) is 9.97 Å². The molecule has 1 aliphatic carbocycles. The fraction of sp³-hybridized carbons (Fsp3) is 0.667. The number of phenols is 1. The van der Waals surface area contributed by atoms with E-state index in [0.717, 1.165) is 113 Å². The van der Waals surface area contributed by atoms with Crippen LogP contribution in [-0.4, -0.2) is 122 Å². The molecule has 2 aromatic heterocycles. The van der Waals surface area contributed by atoms with E-state index in [1.165, 1.54) is 147 Å². The van der Waals surface area contributed by atoms with Crippen LogP contribution in [0.2, 0.25) is 0 Å². The molecule has 0 radical (unpaired) electrons. The highest BCUT2D eigenvalue weighted by atomic mass is 31.0. The molecule has 6 heterocycles. The maximum absolute atomic E-state index is 14.7. The number of nitrogens with one attached hydrogen (secondary N) is 1. The Morgan fingerprint density at radius 3 is 2.10 bits per heavy atom. The van der Waals surface area contributed by atoms with Crippen LogP contribution in [0.15, 0.2) is 48.7 Å². The normalized spacial score (nSPS) is 20.8. The molecule has 5 aliphatic rings. The Balaban J connectivity index is 0.000000344. The summed E-state index contributed by atoms with van der Waals surface area (Å²) in [6, 6.07) is 14.8. The summed E-state index contributed by atoms with van der Waals surface area (Å²) >= 11 is 0. The fourth-order valence-electron chi connectivity index (χ4n) is 15.0. The predicted octanol–water partition coefficient (Wildman–Crippen LogP) is 18.0. The number of hydrogen-bond donors (Lipinski definition) is 3. The smallest absolute Gasteiger partial charge is 0.318 e. The van der Waals surface area contributed by atoms with Gasteiger partial charge in [-0.1, -0.05) is 140 Å². The van der Waals surface area contributed by atoms with Crippen molar-refractivity contribution in [3.8, 4) is 23.0 Å². The highest BCUT2D eigenvalue weighted by Gasteiger charge is 2.41. The van der Waals surface area contributed by atoms with Crippen LogP contribution in [0.5, 0.6) is 11.8 Å². The number of aromatic nitrogens is 3. The number of rotatable bonds is 23. The van der Waals surface area contributed by atoms with Crippen molar-refractivity contribution in [1.29, 1.82) is 0 Å². The van der Waals surface area contributed by atoms with Crippen LogP contribution >= 0.6 is 9.24 Å². The van der Waals surface area contributed by atoms with Crippen LogP contribution in [-0.2, 0) is 30.3 Å². The number of hydrogen-bond acceptors (Lipinski definition) is 14. The molecule has 2 amide bonds. The van der Waals surface area contributed by atoms with Crippen molar-refractivity contribution < 1.29 is 38.1 Å². The lowest BCUT2D eigenvalue weighted by Crippen LogP contribution is -2.51. The number of pyridine rings is 1. The number of benzene rings is 3. The number of amides is 2. The summed E-state index contributed by atoms with van der Waals surface area (Å²) in [4.78, 5) is 62.9. The average molecular weight is 1380 g/mol. The molecule has 550 valence electrons. The van der Waals surface area contributed by atoms with Crippen LogP contribution in [0.1, 0.15) is 254 Å². The molecule has 5 aromatic rings. The number of carbonyl (C=O) groups excluding carboxylic acids is 4. The molecule has 0 spiro atoms. The number of aryl methyl sites for hydroxylation is 2. The molecule has 15 nitrogen and oxygen atoms in total. The number of likely N-dealkylation sites (N-methyl/N-ethyl adjacent to an activating group) is 1. The van der Waals surface area contributed by atoms with Crippen molar-refractivity contribution >= 4 is 72.1 Å². The quantitative estimate of drug-likeness (QED) is 0.0318. The Hall–Kier alpha value is -5.67. The molecule has 0 bridgehead atoms. The number of anilines is 2. The summed E-state index contributed by atoms with van der Waals surface area (Å²) < 4.78 is 25.4. The fourth-order valence-corrected chi connectivity index (χ4v) is 15.5. The molecule has 98 heavy (non-hydrogen) atoms. The third kappa shape index (κ3) is 25.4.